The molecule has 9 nitrogen and oxygen atoms in total. The minimum atomic E-state index is -1.06. The van der Waals surface area contributed by atoms with E-state index in [1.54, 1.807) is 24.0 Å². The van der Waals surface area contributed by atoms with Crippen molar-refractivity contribution in [1.82, 2.24) is 15.5 Å². The Labute approximate surface area is 168 Å². The highest BCUT2D eigenvalue weighted by atomic mass is 19.1. The molecule has 10 heteroatoms. The number of anilines is 1. The molecule has 2 aliphatic rings. The second kappa shape index (κ2) is 8.14. The highest BCUT2D eigenvalue weighted by molar-refractivity contribution is 6.06. The molecule has 29 heavy (non-hydrogen) atoms. The van der Waals surface area contributed by atoms with Crippen LogP contribution in [0.15, 0.2) is 12.1 Å². The third-order valence-corrected chi connectivity index (χ3v) is 5.38. The second-order valence-electron chi connectivity index (χ2n) is 7.27. The van der Waals surface area contributed by atoms with Gasteiger partial charge in [0.2, 0.25) is 11.7 Å². The van der Waals surface area contributed by atoms with Crippen molar-refractivity contribution < 1.29 is 28.2 Å². The van der Waals surface area contributed by atoms with Gasteiger partial charge in [-0.2, -0.15) is 4.39 Å². The number of urea groups is 1. The fraction of sp³-hybridized carbons (Fsp3) is 0.526. The number of nitrogens with one attached hydrogen (secondary N) is 2. The zero-order chi connectivity index (χ0) is 21.2. The number of benzene rings is 1. The molecule has 2 heterocycles. The number of amides is 4. The Morgan fingerprint density at radius 1 is 1.14 bits per heavy atom. The van der Waals surface area contributed by atoms with E-state index >= 15 is 0 Å². The summed E-state index contributed by atoms with van der Waals surface area (Å²) in [6, 6.07) is 2.68. The number of piperazine rings is 1. The molecular formula is C19H25FN4O5. The van der Waals surface area contributed by atoms with Crippen LogP contribution in [0, 0.1) is 5.82 Å². The molecule has 2 saturated heterocycles. The van der Waals surface area contributed by atoms with E-state index in [1.807, 2.05) is 4.90 Å². The monoisotopic (exact) mass is 408 g/mol. The van der Waals surface area contributed by atoms with Crippen LogP contribution < -0.4 is 25.0 Å². The molecule has 0 aliphatic carbocycles. The van der Waals surface area contributed by atoms with Crippen molar-refractivity contribution in [3.05, 3.63) is 17.9 Å². The second-order valence-corrected chi connectivity index (χ2v) is 7.27. The van der Waals surface area contributed by atoms with Gasteiger partial charge in [-0.25, -0.2) is 4.79 Å². The predicted molar refractivity (Wildman–Crippen MR) is 103 cm³/mol. The highest BCUT2D eigenvalue weighted by Crippen LogP contribution is 2.33. The maximum Gasteiger partial charge on any atom is 0.322 e. The molecule has 158 valence electrons. The van der Waals surface area contributed by atoms with Gasteiger partial charge in [-0.15, -0.1) is 0 Å². The summed E-state index contributed by atoms with van der Waals surface area (Å²) in [7, 11) is 2.79. The first-order valence-electron chi connectivity index (χ1n) is 9.35. The number of nitrogens with zero attached hydrogens (tertiary/aromatic N) is 2. The van der Waals surface area contributed by atoms with Crippen molar-refractivity contribution in [2.75, 3.05) is 45.3 Å². The van der Waals surface area contributed by atoms with Crippen LogP contribution in [-0.4, -0.2) is 68.7 Å². The first-order chi connectivity index (χ1) is 13.8. The largest absolute Gasteiger partial charge is 0.493 e. The van der Waals surface area contributed by atoms with Gasteiger partial charge in [0.1, 0.15) is 5.54 Å². The SMILES string of the molecule is COc1cc(N2CCN(C(=O)CCC3(C)NC(=O)NC3=O)CC2)cc(OC)c1F. The number of carbonyl (C=O) groups is 3. The molecule has 0 radical (unpaired) electrons. The molecule has 3 rings (SSSR count). The van der Waals surface area contributed by atoms with E-state index in [4.69, 9.17) is 9.47 Å². The van der Waals surface area contributed by atoms with Crippen LogP contribution >= 0.6 is 0 Å². The van der Waals surface area contributed by atoms with Gasteiger partial charge < -0.3 is 24.6 Å². The molecule has 0 spiro atoms. The normalized spacial score (nSPS) is 21.7. The van der Waals surface area contributed by atoms with E-state index in [1.165, 1.54) is 14.2 Å². The summed E-state index contributed by atoms with van der Waals surface area (Å²) in [4.78, 5) is 39.5. The number of imide groups is 1. The average Bonchev–Trinajstić information content (AvgIpc) is 2.98. The third-order valence-electron chi connectivity index (χ3n) is 5.38. The fourth-order valence-electron chi connectivity index (χ4n) is 3.52. The van der Waals surface area contributed by atoms with Gasteiger partial charge in [0.05, 0.1) is 14.2 Å². The van der Waals surface area contributed by atoms with E-state index in [-0.39, 0.29) is 30.2 Å². The summed E-state index contributed by atoms with van der Waals surface area (Å²) in [6.45, 7) is 3.73. The van der Waals surface area contributed by atoms with E-state index in [9.17, 15) is 18.8 Å². The van der Waals surface area contributed by atoms with Gasteiger partial charge in [-0.1, -0.05) is 0 Å². The Balaban J connectivity index is 1.57. The number of ether oxygens (including phenoxy) is 2. The van der Waals surface area contributed by atoms with E-state index in [0.29, 0.717) is 26.2 Å². The van der Waals surface area contributed by atoms with Crippen molar-refractivity contribution in [2.24, 2.45) is 0 Å². The number of rotatable bonds is 6. The summed E-state index contributed by atoms with van der Waals surface area (Å²) in [5.41, 5.74) is -0.305. The molecule has 2 aliphatic heterocycles. The topological polar surface area (TPSA) is 100 Å². The predicted octanol–water partition coefficient (Wildman–Crippen LogP) is 0.870. The van der Waals surface area contributed by atoms with Gasteiger partial charge in [-0.3, -0.25) is 14.9 Å². The lowest BCUT2D eigenvalue weighted by Gasteiger charge is -2.36. The molecule has 0 bridgehead atoms. The lowest BCUT2D eigenvalue weighted by molar-refractivity contribution is -0.132. The average molecular weight is 408 g/mol. The Bertz CT molecular complexity index is 800. The first kappa shape index (κ1) is 20.7. The molecule has 0 aromatic heterocycles. The van der Waals surface area contributed by atoms with E-state index in [0.717, 1.165) is 5.69 Å². The summed E-state index contributed by atoms with van der Waals surface area (Å²) >= 11 is 0. The molecule has 1 atom stereocenters. The van der Waals surface area contributed by atoms with E-state index in [2.05, 4.69) is 10.6 Å². The van der Waals surface area contributed by atoms with Crippen LogP contribution in [0.1, 0.15) is 19.8 Å². The molecule has 2 fully saturated rings. The molecule has 1 aromatic carbocycles. The van der Waals surface area contributed by atoms with Crippen molar-refractivity contribution in [3.63, 3.8) is 0 Å². The smallest absolute Gasteiger partial charge is 0.322 e. The number of hydrogen-bond acceptors (Lipinski definition) is 6. The molecule has 0 saturated carbocycles. The third kappa shape index (κ3) is 4.20. The Hall–Kier alpha value is -3.04. The van der Waals surface area contributed by atoms with Crippen molar-refractivity contribution in [2.45, 2.75) is 25.3 Å². The lowest BCUT2D eigenvalue weighted by Crippen LogP contribution is -2.50. The number of halogens is 1. The molecule has 1 unspecified atom stereocenters. The maximum absolute atomic E-state index is 14.1. The van der Waals surface area contributed by atoms with Gasteiger partial charge in [0.15, 0.2) is 11.5 Å². The number of methoxy groups -OCH3 is 2. The molecule has 1 aromatic rings. The van der Waals surface area contributed by atoms with Crippen molar-refractivity contribution in [1.29, 1.82) is 0 Å². The minimum Gasteiger partial charge on any atom is -0.493 e. The summed E-state index contributed by atoms with van der Waals surface area (Å²) in [5.74, 6) is -0.844. The van der Waals surface area contributed by atoms with Crippen LogP contribution in [-0.2, 0) is 9.59 Å². The van der Waals surface area contributed by atoms with Crippen LogP contribution in [0.3, 0.4) is 0 Å². The minimum absolute atomic E-state index is 0.0749. The quantitative estimate of drug-likeness (QED) is 0.678. The van der Waals surface area contributed by atoms with Crippen LogP contribution in [0.5, 0.6) is 11.5 Å². The molecule has 4 amide bonds. The summed E-state index contributed by atoms with van der Waals surface area (Å²) in [5, 5.41) is 4.75. The Kier molecular flexibility index (Phi) is 5.81. The van der Waals surface area contributed by atoms with Crippen LogP contribution in [0.25, 0.3) is 0 Å². The number of carbonyl (C=O) groups excluding carboxylic acids is 3. The van der Waals surface area contributed by atoms with Gasteiger partial charge in [0.25, 0.3) is 5.91 Å². The lowest BCUT2D eigenvalue weighted by atomic mass is 9.96. The summed E-state index contributed by atoms with van der Waals surface area (Å²) in [6.07, 6.45) is 0.387. The van der Waals surface area contributed by atoms with Crippen LogP contribution in [0.2, 0.25) is 0 Å². The zero-order valence-corrected chi connectivity index (χ0v) is 16.7. The van der Waals surface area contributed by atoms with Gasteiger partial charge in [0, 0.05) is 50.4 Å². The van der Waals surface area contributed by atoms with E-state index < -0.39 is 23.3 Å². The maximum atomic E-state index is 14.1. The van der Waals surface area contributed by atoms with Gasteiger partial charge in [-0.05, 0) is 13.3 Å². The summed E-state index contributed by atoms with van der Waals surface area (Å²) < 4.78 is 24.3. The van der Waals surface area contributed by atoms with Crippen LogP contribution in [0.4, 0.5) is 14.9 Å². The Morgan fingerprint density at radius 2 is 1.72 bits per heavy atom. The standard InChI is InChI=1S/C19H25FN4O5/c1-19(17(26)21-18(27)22-19)5-4-15(25)24-8-6-23(7-9-24)12-10-13(28-2)16(20)14(11-12)29-3/h10-11H,4-9H2,1-3H3,(H2,21,22,26,27). The first-order valence-corrected chi connectivity index (χ1v) is 9.35. The fourth-order valence-corrected chi connectivity index (χ4v) is 3.52. The highest BCUT2D eigenvalue weighted by Gasteiger charge is 2.42. The number of hydrogen-bond donors (Lipinski definition) is 2. The van der Waals surface area contributed by atoms with Crippen molar-refractivity contribution in [3.8, 4) is 11.5 Å². The molecular weight excluding hydrogens is 383 g/mol. The Morgan fingerprint density at radius 3 is 2.21 bits per heavy atom. The van der Waals surface area contributed by atoms with Gasteiger partial charge >= 0.3 is 6.03 Å². The zero-order valence-electron chi connectivity index (χ0n) is 16.7. The van der Waals surface area contributed by atoms with Crippen molar-refractivity contribution >= 4 is 23.5 Å². The molecule has 2 N–H and O–H groups in total.